The SMILES string of the molecule is CC(C)C[C@H]1C[C@H]([C@@H](O)CC2(Cc3ccccc3)OCCO2)C(=O)N1. The van der Waals surface area contributed by atoms with Crippen molar-refractivity contribution in [3.63, 3.8) is 0 Å². The van der Waals surface area contributed by atoms with Gasteiger partial charge in [0.15, 0.2) is 5.79 Å². The Balaban J connectivity index is 1.65. The molecule has 1 amide bonds. The van der Waals surface area contributed by atoms with Crippen molar-refractivity contribution in [1.29, 1.82) is 0 Å². The van der Waals surface area contributed by atoms with Gasteiger partial charge in [-0.25, -0.2) is 0 Å². The number of benzene rings is 1. The largest absolute Gasteiger partial charge is 0.392 e. The highest BCUT2D eigenvalue weighted by atomic mass is 16.7. The van der Waals surface area contributed by atoms with Crippen molar-refractivity contribution in [2.75, 3.05) is 13.2 Å². The molecule has 2 aliphatic rings. The van der Waals surface area contributed by atoms with Gasteiger partial charge in [-0.1, -0.05) is 44.2 Å². The van der Waals surface area contributed by atoms with E-state index in [1.807, 2.05) is 30.3 Å². The number of rotatable bonds is 7. The number of ether oxygens (including phenoxy) is 2. The van der Waals surface area contributed by atoms with E-state index in [1.54, 1.807) is 0 Å². The second-order valence-corrected chi connectivity index (χ2v) is 7.72. The Kier molecular flexibility index (Phi) is 5.77. The molecule has 0 spiro atoms. The van der Waals surface area contributed by atoms with Crippen LogP contribution in [0.25, 0.3) is 0 Å². The molecule has 3 atom stereocenters. The van der Waals surface area contributed by atoms with E-state index in [2.05, 4.69) is 19.2 Å². The fourth-order valence-electron chi connectivity index (χ4n) is 3.99. The number of amides is 1. The van der Waals surface area contributed by atoms with E-state index >= 15 is 0 Å². The van der Waals surface area contributed by atoms with E-state index in [0.29, 0.717) is 38.4 Å². The summed E-state index contributed by atoms with van der Waals surface area (Å²) in [5, 5.41) is 13.8. The van der Waals surface area contributed by atoms with Crippen molar-refractivity contribution in [3.05, 3.63) is 35.9 Å². The Labute approximate surface area is 149 Å². The van der Waals surface area contributed by atoms with Crippen molar-refractivity contribution in [3.8, 4) is 0 Å². The molecule has 0 aromatic heterocycles. The molecule has 2 fully saturated rings. The topological polar surface area (TPSA) is 67.8 Å². The first kappa shape index (κ1) is 18.4. The summed E-state index contributed by atoms with van der Waals surface area (Å²) in [6, 6.07) is 10.1. The van der Waals surface area contributed by atoms with Gasteiger partial charge in [-0.15, -0.1) is 0 Å². The highest BCUT2D eigenvalue weighted by molar-refractivity contribution is 5.81. The molecule has 5 heteroatoms. The van der Waals surface area contributed by atoms with Gasteiger partial charge < -0.3 is 19.9 Å². The molecule has 0 bridgehead atoms. The van der Waals surface area contributed by atoms with Crippen molar-refractivity contribution in [1.82, 2.24) is 5.32 Å². The number of aliphatic hydroxyl groups excluding tert-OH is 1. The zero-order chi connectivity index (χ0) is 17.9. The maximum absolute atomic E-state index is 12.3. The quantitative estimate of drug-likeness (QED) is 0.794. The molecule has 0 saturated carbocycles. The molecule has 1 aromatic rings. The monoisotopic (exact) mass is 347 g/mol. The van der Waals surface area contributed by atoms with Crippen molar-refractivity contribution in [2.24, 2.45) is 11.8 Å². The van der Waals surface area contributed by atoms with Gasteiger partial charge in [-0.05, 0) is 24.3 Å². The number of aliphatic hydroxyl groups is 1. The lowest BCUT2D eigenvalue weighted by Gasteiger charge is -2.31. The van der Waals surface area contributed by atoms with Gasteiger partial charge in [0.25, 0.3) is 0 Å². The Hall–Kier alpha value is -1.43. The van der Waals surface area contributed by atoms with Gasteiger partial charge in [0.2, 0.25) is 5.91 Å². The van der Waals surface area contributed by atoms with Crippen LogP contribution in [-0.4, -0.2) is 42.2 Å². The molecule has 2 N–H and O–H groups in total. The Morgan fingerprint density at radius 2 is 1.92 bits per heavy atom. The summed E-state index contributed by atoms with van der Waals surface area (Å²) in [7, 11) is 0. The van der Waals surface area contributed by atoms with Crippen LogP contribution in [0.15, 0.2) is 30.3 Å². The summed E-state index contributed by atoms with van der Waals surface area (Å²) in [6.07, 6.45) is 1.75. The molecule has 0 radical (unpaired) electrons. The highest BCUT2D eigenvalue weighted by Gasteiger charge is 2.44. The molecule has 25 heavy (non-hydrogen) atoms. The number of carbonyl (C=O) groups is 1. The van der Waals surface area contributed by atoms with E-state index in [9.17, 15) is 9.90 Å². The Morgan fingerprint density at radius 3 is 2.56 bits per heavy atom. The summed E-state index contributed by atoms with van der Waals surface area (Å²) in [4.78, 5) is 12.3. The average Bonchev–Trinajstić information content (AvgIpc) is 3.14. The maximum Gasteiger partial charge on any atom is 0.226 e. The smallest absolute Gasteiger partial charge is 0.226 e. The lowest BCUT2D eigenvalue weighted by Crippen LogP contribution is -2.41. The summed E-state index contributed by atoms with van der Waals surface area (Å²) in [5.74, 6) is -0.751. The molecule has 0 aliphatic carbocycles. The predicted octanol–water partition coefficient (Wildman–Crippen LogP) is 2.27. The van der Waals surface area contributed by atoms with Crippen LogP contribution in [0.3, 0.4) is 0 Å². The van der Waals surface area contributed by atoms with Crippen LogP contribution in [-0.2, 0) is 20.7 Å². The fourth-order valence-corrected chi connectivity index (χ4v) is 3.99. The third-order valence-electron chi connectivity index (χ3n) is 5.09. The second-order valence-electron chi connectivity index (χ2n) is 7.72. The van der Waals surface area contributed by atoms with Gasteiger partial charge in [0, 0.05) is 18.9 Å². The zero-order valence-electron chi connectivity index (χ0n) is 15.1. The molecule has 2 heterocycles. The minimum Gasteiger partial charge on any atom is -0.392 e. The van der Waals surface area contributed by atoms with Crippen LogP contribution in [0.2, 0.25) is 0 Å². The van der Waals surface area contributed by atoms with Gasteiger partial charge in [0.05, 0.1) is 25.2 Å². The molecular formula is C20H29NO4. The molecule has 138 valence electrons. The van der Waals surface area contributed by atoms with Crippen LogP contribution in [0, 0.1) is 11.8 Å². The lowest BCUT2D eigenvalue weighted by atomic mass is 9.89. The molecule has 5 nitrogen and oxygen atoms in total. The van der Waals surface area contributed by atoms with Crippen LogP contribution >= 0.6 is 0 Å². The van der Waals surface area contributed by atoms with Crippen LogP contribution in [0.1, 0.15) is 38.7 Å². The van der Waals surface area contributed by atoms with Crippen LogP contribution in [0.4, 0.5) is 0 Å². The summed E-state index contributed by atoms with van der Waals surface area (Å²) in [6.45, 7) is 5.33. The fraction of sp³-hybridized carbons (Fsp3) is 0.650. The second kappa shape index (κ2) is 7.85. The first-order valence-electron chi connectivity index (χ1n) is 9.28. The third kappa shape index (κ3) is 4.60. The van der Waals surface area contributed by atoms with Gasteiger partial charge in [-0.3, -0.25) is 4.79 Å². The van der Waals surface area contributed by atoms with E-state index < -0.39 is 11.9 Å². The number of carbonyl (C=O) groups excluding carboxylic acids is 1. The molecule has 3 rings (SSSR count). The predicted molar refractivity (Wildman–Crippen MR) is 94.9 cm³/mol. The van der Waals surface area contributed by atoms with E-state index in [0.717, 1.165) is 12.0 Å². The Bertz CT molecular complexity index is 568. The summed E-state index contributed by atoms with van der Waals surface area (Å²) >= 11 is 0. The zero-order valence-corrected chi connectivity index (χ0v) is 15.1. The molecule has 1 aromatic carbocycles. The van der Waals surface area contributed by atoms with Crippen LogP contribution in [0.5, 0.6) is 0 Å². The highest BCUT2D eigenvalue weighted by Crippen LogP contribution is 2.34. The number of hydrogen-bond donors (Lipinski definition) is 2. The number of hydrogen-bond acceptors (Lipinski definition) is 4. The summed E-state index contributed by atoms with van der Waals surface area (Å²) in [5.41, 5.74) is 1.10. The normalized spacial score (nSPS) is 26.8. The average molecular weight is 347 g/mol. The molecular weight excluding hydrogens is 318 g/mol. The standard InChI is InChI=1S/C20H29NO4/c1-14(2)10-16-11-17(19(23)21-16)18(22)13-20(24-8-9-25-20)12-15-6-4-3-5-7-15/h3-7,14,16-18,22H,8-13H2,1-2H3,(H,21,23)/t16-,17+,18-/m0/s1. The van der Waals surface area contributed by atoms with E-state index in [-0.39, 0.29) is 17.9 Å². The minimum atomic E-state index is -0.836. The van der Waals surface area contributed by atoms with Gasteiger partial charge >= 0.3 is 0 Å². The van der Waals surface area contributed by atoms with E-state index in [1.165, 1.54) is 0 Å². The molecule has 2 saturated heterocycles. The molecule has 0 unspecified atom stereocenters. The first-order chi connectivity index (χ1) is 12.0. The first-order valence-corrected chi connectivity index (χ1v) is 9.28. The molecule has 2 aliphatic heterocycles. The minimum absolute atomic E-state index is 0.0500. The van der Waals surface area contributed by atoms with Crippen molar-refractivity contribution < 1.29 is 19.4 Å². The third-order valence-corrected chi connectivity index (χ3v) is 5.09. The van der Waals surface area contributed by atoms with E-state index in [4.69, 9.17) is 9.47 Å². The Morgan fingerprint density at radius 1 is 1.24 bits per heavy atom. The van der Waals surface area contributed by atoms with Crippen molar-refractivity contribution in [2.45, 2.75) is 57.5 Å². The van der Waals surface area contributed by atoms with Crippen LogP contribution < -0.4 is 5.32 Å². The van der Waals surface area contributed by atoms with Crippen molar-refractivity contribution >= 4 is 5.91 Å². The summed E-state index contributed by atoms with van der Waals surface area (Å²) < 4.78 is 11.8. The number of nitrogens with one attached hydrogen (secondary N) is 1. The van der Waals surface area contributed by atoms with Gasteiger partial charge in [0.1, 0.15) is 0 Å². The van der Waals surface area contributed by atoms with Gasteiger partial charge in [-0.2, -0.15) is 0 Å². The lowest BCUT2D eigenvalue weighted by molar-refractivity contribution is -0.180. The maximum atomic E-state index is 12.3.